The Kier molecular flexibility index (Phi) is 10.3. The van der Waals surface area contributed by atoms with Crippen LogP contribution >= 0.6 is 11.3 Å². The van der Waals surface area contributed by atoms with Gasteiger partial charge in [0.25, 0.3) is 0 Å². The first-order chi connectivity index (χ1) is 24.3. The van der Waals surface area contributed by atoms with E-state index in [4.69, 9.17) is 11.3 Å². The molecule has 0 aliphatic heterocycles. The number of nitrogens with zero attached hydrogens (tertiary/aromatic N) is 3. The maximum atomic E-state index is 8.68. The molecule has 0 unspecified atom stereocenters. The fourth-order valence-electron chi connectivity index (χ4n) is 6.97. The average Bonchev–Trinajstić information content (AvgIpc) is 3.51. The maximum Gasteiger partial charge on any atom is 0.0798 e. The summed E-state index contributed by atoms with van der Waals surface area (Å²) in [5, 5.41) is 7.54. The second-order valence-corrected chi connectivity index (χ2v) is 20.3. The van der Waals surface area contributed by atoms with Gasteiger partial charge in [0.1, 0.15) is 0 Å². The predicted octanol–water partition coefficient (Wildman–Crippen LogP) is 12.0. The van der Waals surface area contributed by atoms with Crippen molar-refractivity contribution in [2.24, 2.45) is 0 Å². The molecule has 0 atom stereocenters. The van der Waals surface area contributed by atoms with Gasteiger partial charge in [0.15, 0.2) is 0 Å². The van der Waals surface area contributed by atoms with E-state index < -0.39 is 14.0 Å². The largest absolute Gasteiger partial charge is 0.305 e. The van der Waals surface area contributed by atoms with Crippen LogP contribution in [0, 0.1) is 26.0 Å². The number of pyridine rings is 3. The van der Waals surface area contributed by atoms with Crippen molar-refractivity contribution in [3.05, 3.63) is 132 Å². The van der Waals surface area contributed by atoms with Crippen LogP contribution in [-0.2, 0) is 26.5 Å². The van der Waals surface area contributed by atoms with E-state index in [0.29, 0.717) is 0 Å². The molecule has 0 amide bonds. The molecule has 0 fully saturated rings. The van der Waals surface area contributed by atoms with Gasteiger partial charge in [-0.25, -0.2) is 0 Å². The monoisotopic (exact) mass is 879 g/mol. The van der Waals surface area contributed by atoms with Crippen molar-refractivity contribution in [2.75, 3.05) is 0 Å². The van der Waals surface area contributed by atoms with Crippen LogP contribution < -0.4 is 5.19 Å². The third-order valence-corrected chi connectivity index (χ3v) is 12.8. The zero-order valence-electron chi connectivity index (χ0n) is 31.5. The first-order valence-corrected chi connectivity index (χ1v) is 21.7. The fraction of sp³-hybridized carbons (Fsp3) is 0.222. The van der Waals surface area contributed by atoms with Crippen LogP contribution in [0.15, 0.2) is 97.3 Å². The van der Waals surface area contributed by atoms with Crippen molar-refractivity contribution in [1.29, 1.82) is 0 Å². The van der Waals surface area contributed by atoms with Gasteiger partial charge in [0.2, 0.25) is 0 Å². The summed E-state index contributed by atoms with van der Waals surface area (Å²) in [4.78, 5) is 14.3. The van der Waals surface area contributed by atoms with Crippen LogP contribution in [0.4, 0.5) is 0 Å². The van der Waals surface area contributed by atoms with E-state index >= 15 is 0 Å². The quantitative estimate of drug-likeness (QED) is 0.0982. The van der Waals surface area contributed by atoms with E-state index in [-0.39, 0.29) is 20.1 Å². The van der Waals surface area contributed by atoms with Gasteiger partial charge in [-0.1, -0.05) is 87.8 Å². The summed E-state index contributed by atoms with van der Waals surface area (Å²) in [6, 6.07) is 36.0. The molecule has 6 heteroatoms. The van der Waals surface area contributed by atoms with E-state index in [0.717, 1.165) is 51.3 Å². The SMILES string of the molecule is Cc1cc(-c2[c-]cccc2)ncc1[Si](C)(C)C.[2H]C(C)(C)c1cc(-c2[c-]ccc3c2sc2c4ccc(C)nc4c4ccccc4c32)ncc1CC.[Ir]. The Morgan fingerprint density at radius 3 is 2.22 bits per heavy atom. The van der Waals surface area contributed by atoms with Crippen LogP contribution in [0.3, 0.4) is 0 Å². The number of fused-ring (bicyclic) bond motifs is 8. The summed E-state index contributed by atoms with van der Waals surface area (Å²) in [5.74, 6) is -0.687. The molecule has 0 spiro atoms. The zero-order chi connectivity index (χ0) is 36.1. The van der Waals surface area contributed by atoms with Crippen molar-refractivity contribution in [3.8, 4) is 22.5 Å². The van der Waals surface area contributed by atoms with Gasteiger partial charge in [0.05, 0.1) is 13.6 Å². The second-order valence-electron chi connectivity index (χ2n) is 14.3. The van der Waals surface area contributed by atoms with E-state index in [2.05, 4.69) is 117 Å². The third kappa shape index (κ3) is 7.08. The smallest absolute Gasteiger partial charge is 0.0798 e. The van der Waals surface area contributed by atoms with Gasteiger partial charge >= 0.3 is 0 Å². The number of thiophene rings is 1. The summed E-state index contributed by atoms with van der Waals surface area (Å²) in [6.07, 6.45) is 4.86. The molecule has 8 rings (SSSR count). The van der Waals surface area contributed by atoms with Gasteiger partial charge < -0.3 is 9.97 Å². The van der Waals surface area contributed by atoms with Crippen molar-refractivity contribution in [1.82, 2.24) is 15.0 Å². The molecule has 0 saturated carbocycles. The Bertz CT molecular complexity index is 2570. The van der Waals surface area contributed by atoms with Crippen LogP contribution in [0.5, 0.6) is 0 Å². The molecule has 0 aliphatic rings. The van der Waals surface area contributed by atoms with E-state index in [1.807, 2.05) is 51.2 Å². The van der Waals surface area contributed by atoms with E-state index in [1.165, 1.54) is 47.1 Å². The summed E-state index contributed by atoms with van der Waals surface area (Å²) in [5.41, 5.74) is 9.57. The fourth-order valence-corrected chi connectivity index (χ4v) is 10.0. The number of benzene rings is 4. The first kappa shape index (κ1) is 35.3. The minimum absolute atomic E-state index is 0. The summed E-state index contributed by atoms with van der Waals surface area (Å²) < 4.78 is 11.1. The number of rotatable bonds is 5. The van der Waals surface area contributed by atoms with Crippen molar-refractivity contribution in [3.63, 3.8) is 0 Å². The minimum atomic E-state index is -1.27. The molecule has 259 valence electrons. The molecule has 8 aromatic rings. The van der Waals surface area contributed by atoms with Crippen LogP contribution in [-0.4, -0.2) is 23.0 Å². The van der Waals surface area contributed by atoms with Gasteiger partial charge in [-0.15, -0.1) is 59.7 Å². The molecular weight excluding hydrogens is 835 g/mol. The molecule has 0 N–H and O–H groups in total. The number of hydrogen-bond donors (Lipinski definition) is 0. The second kappa shape index (κ2) is 14.9. The predicted molar refractivity (Wildman–Crippen MR) is 219 cm³/mol. The third-order valence-electron chi connectivity index (χ3n) is 9.45. The van der Waals surface area contributed by atoms with Crippen molar-refractivity contribution in [2.45, 2.75) is 66.6 Å². The molecule has 4 aromatic carbocycles. The Labute approximate surface area is 322 Å². The molecule has 4 aromatic heterocycles. The number of hydrogen-bond acceptors (Lipinski definition) is 4. The molecule has 0 saturated heterocycles. The van der Waals surface area contributed by atoms with Gasteiger partial charge in [-0.2, -0.15) is 11.3 Å². The van der Waals surface area contributed by atoms with Gasteiger partial charge in [-0.3, -0.25) is 4.98 Å². The molecular formula is C45H43IrN3SSi-2. The molecule has 51 heavy (non-hydrogen) atoms. The van der Waals surface area contributed by atoms with Crippen molar-refractivity contribution >= 4 is 66.4 Å². The Morgan fingerprint density at radius 1 is 0.784 bits per heavy atom. The molecule has 3 nitrogen and oxygen atoms in total. The zero-order valence-corrected chi connectivity index (χ0v) is 34.7. The summed E-state index contributed by atoms with van der Waals surface area (Å²) in [6.45, 7) is 17.3. The van der Waals surface area contributed by atoms with Crippen LogP contribution in [0.2, 0.25) is 19.6 Å². The Morgan fingerprint density at radius 2 is 1.53 bits per heavy atom. The molecule has 0 aliphatic carbocycles. The van der Waals surface area contributed by atoms with Crippen LogP contribution in [0.1, 0.15) is 50.4 Å². The normalized spacial score (nSPS) is 12.1. The minimum Gasteiger partial charge on any atom is -0.305 e. The summed E-state index contributed by atoms with van der Waals surface area (Å²) in [7, 11) is -1.27. The first-order valence-electron chi connectivity index (χ1n) is 17.8. The number of aryl methyl sites for hydroxylation is 3. The Hall–Kier alpha value is -4.06. The standard InChI is InChI=1S/C30H25N2S.C15H18NSi.Ir/c1-5-19-16-31-26(15-25(19)17(2)3)22-11-8-12-23-27-20-9-6-7-10-21(20)28-24(14-13-18(4)32-28)30(27)33-29(22)23;1-12-10-14(13-8-6-5-7-9-13)16-11-15(12)17(2,3)4;/h6-10,12-17H,5H2,1-4H3;5-8,10-11H,1-4H3;/q2*-1;/i17D;;. The van der Waals surface area contributed by atoms with Crippen LogP contribution in [0.25, 0.3) is 64.4 Å². The molecule has 0 bridgehead atoms. The van der Waals surface area contributed by atoms with Crippen molar-refractivity contribution < 1.29 is 21.5 Å². The topological polar surface area (TPSA) is 38.7 Å². The van der Waals surface area contributed by atoms with Gasteiger partial charge in [0, 0.05) is 55.0 Å². The average molecular weight is 879 g/mol. The molecule has 4 heterocycles. The van der Waals surface area contributed by atoms with Gasteiger partial charge in [-0.05, 0) is 81.5 Å². The number of aromatic nitrogens is 3. The molecule has 1 radical (unpaired) electrons. The van der Waals surface area contributed by atoms with E-state index in [9.17, 15) is 0 Å². The van der Waals surface area contributed by atoms with E-state index in [1.54, 1.807) is 11.3 Å². The summed E-state index contributed by atoms with van der Waals surface area (Å²) >= 11 is 1.80. The Balaban J connectivity index is 0.000000218. The maximum absolute atomic E-state index is 8.68.